The Morgan fingerprint density at radius 3 is 2.48 bits per heavy atom. The standard InChI is InChI=1S/C20H13ClF2N2OS/c1-12-9-10-13(11-16(12)23)25-20(26)24(17-7-2-3-8-18(17)27-25)19-14(21)5-4-6-15(19)22/h2-11H,1H3. The van der Waals surface area contributed by atoms with E-state index in [2.05, 4.69) is 0 Å². The van der Waals surface area contributed by atoms with Crippen LogP contribution in [0.15, 0.2) is 65.6 Å². The van der Waals surface area contributed by atoms with Gasteiger partial charge in [-0.2, -0.15) is 0 Å². The predicted octanol–water partition coefficient (Wildman–Crippen LogP) is 6.71. The summed E-state index contributed by atoms with van der Waals surface area (Å²) in [5.41, 5.74) is 1.32. The number of hydrogen-bond acceptors (Lipinski definition) is 2. The Morgan fingerprint density at radius 1 is 0.963 bits per heavy atom. The Bertz CT molecular complexity index is 1040. The minimum Gasteiger partial charge on any atom is -0.256 e. The first-order chi connectivity index (χ1) is 13.0. The van der Waals surface area contributed by atoms with Crippen molar-refractivity contribution < 1.29 is 13.6 Å². The highest BCUT2D eigenvalue weighted by Gasteiger charge is 2.36. The number of nitrogens with zero attached hydrogens (tertiary/aromatic N) is 2. The van der Waals surface area contributed by atoms with Crippen molar-refractivity contribution in [2.75, 3.05) is 9.21 Å². The van der Waals surface area contributed by atoms with Crippen LogP contribution in [-0.2, 0) is 0 Å². The lowest BCUT2D eigenvalue weighted by molar-refractivity contribution is 0.256. The van der Waals surface area contributed by atoms with Gasteiger partial charge in [-0.05, 0) is 60.8 Å². The summed E-state index contributed by atoms with van der Waals surface area (Å²) in [7, 11) is 0. The molecule has 3 aromatic carbocycles. The van der Waals surface area contributed by atoms with E-state index in [0.29, 0.717) is 16.9 Å². The van der Waals surface area contributed by atoms with Crippen molar-refractivity contribution in [3.63, 3.8) is 0 Å². The molecular weight excluding hydrogens is 390 g/mol. The number of hydrogen-bond donors (Lipinski definition) is 0. The summed E-state index contributed by atoms with van der Waals surface area (Å²) in [4.78, 5) is 15.2. The molecule has 0 fully saturated rings. The SMILES string of the molecule is Cc1ccc(N2Sc3ccccc3N(c3c(F)cccc3Cl)C2=O)cc1F. The van der Waals surface area contributed by atoms with E-state index in [-0.39, 0.29) is 10.7 Å². The van der Waals surface area contributed by atoms with Crippen LogP contribution in [0.25, 0.3) is 0 Å². The highest BCUT2D eigenvalue weighted by Crippen LogP contribution is 2.46. The van der Waals surface area contributed by atoms with E-state index in [1.807, 2.05) is 12.1 Å². The summed E-state index contributed by atoms with van der Waals surface area (Å²) in [6.07, 6.45) is 0. The van der Waals surface area contributed by atoms with Gasteiger partial charge in [-0.3, -0.25) is 4.90 Å². The van der Waals surface area contributed by atoms with Crippen molar-refractivity contribution >= 4 is 46.6 Å². The summed E-state index contributed by atoms with van der Waals surface area (Å²) >= 11 is 7.37. The van der Waals surface area contributed by atoms with Crippen LogP contribution in [0.1, 0.15) is 5.56 Å². The molecule has 0 atom stereocenters. The number of fused-ring (bicyclic) bond motifs is 1. The maximum absolute atomic E-state index is 14.6. The van der Waals surface area contributed by atoms with Crippen LogP contribution < -0.4 is 9.21 Å². The van der Waals surface area contributed by atoms with Gasteiger partial charge in [-0.25, -0.2) is 17.9 Å². The lowest BCUT2D eigenvalue weighted by atomic mass is 10.2. The zero-order valence-electron chi connectivity index (χ0n) is 14.1. The van der Waals surface area contributed by atoms with Crippen LogP contribution in [0.3, 0.4) is 0 Å². The zero-order chi connectivity index (χ0) is 19.1. The molecule has 27 heavy (non-hydrogen) atoms. The van der Waals surface area contributed by atoms with Crippen LogP contribution in [-0.4, -0.2) is 6.03 Å². The fourth-order valence-electron chi connectivity index (χ4n) is 2.84. The van der Waals surface area contributed by atoms with Crippen molar-refractivity contribution in [2.45, 2.75) is 11.8 Å². The second kappa shape index (κ2) is 6.87. The van der Waals surface area contributed by atoms with Crippen molar-refractivity contribution in [1.82, 2.24) is 0 Å². The highest BCUT2D eigenvalue weighted by atomic mass is 35.5. The van der Waals surface area contributed by atoms with Crippen LogP contribution in [0.2, 0.25) is 5.02 Å². The van der Waals surface area contributed by atoms with Gasteiger partial charge in [0.15, 0.2) is 0 Å². The third-order valence-electron chi connectivity index (χ3n) is 4.21. The number of urea groups is 1. The second-order valence-corrected chi connectivity index (χ2v) is 7.37. The number of halogens is 3. The number of benzene rings is 3. The number of para-hydroxylation sites is 2. The average Bonchev–Trinajstić information content (AvgIpc) is 2.65. The fraction of sp³-hybridized carbons (Fsp3) is 0.0500. The summed E-state index contributed by atoms with van der Waals surface area (Å²) in [6, 6.07) is 15.3. The molecule has 7 heteroatoms. The van der Waals surface area contributed by atoms with Gasteiger partial charge in [0, 0.05) is 0 Å². The summed E-state index contributed by atoms with van der Waals surface area (Å²) in [5, 5.41) is 0.111. The number of amides is 2. The molecule has 0 radical (unpaired) electrons. The van der Waals surface area contributed by atoms with Crippen LogP contribution in [0.5, 0.6) is 0 Å². The predicted molar refractivity (Wildman–Crippen MR) is 105 cm³/mol. The number of carbonyl (C=O) groups excluding carboxylic acids is 1. The van der Waals surface area contributed by atoms with Crippen LogP contribution in [0, 0.1) is 18.6 Å². The number of anilines is 3. The van der Waals surface area contributed by atoms with Gasteiger partial charge in [0.05, 0.1) is 21.3 Å². The first kappa shape index (κ1) is 17.8. The molecule has 0 N–H and O–H groups in total. The topological polar surface area (TPSA) is 23.6 Å². The third kappa shape index (κ3) is 3.05. The number of aryl methyl sites for hydroxylation is 1. The molecule has 1 aliphatic rings. The zero-order valence-corrected chi connectivity index (χ0v) is 15.7. The second-order valence-electron chi connectivity index (χ2n) is 5.98. The smallest absolute Gasteiger partial charge is 0.256 e. The molecule has 4 rings (SSSR count). The molecule has 1 heterocycles. The summed E-state index contributed by atoms with van der Waals surface area (Å²) in [5.74, 6) is -1.04. The summed E-state index contributed by atoms with van der Waals surface area (Å²) < 4.78 is 30.0. The Kier molecular flexibility index (Phi) is 4.53. The summed E-state index contributed by atoms with van der Waals surface area (Å²) in [6.45, 7) is 1.64. The molecule has 0 saturated heterocycles. The van der Waals surface area contributed by atoms with Gasteiger partial charge in [0.2, 0.25) is 0 Å². The Hall–Kier alpha value is -2.57. The van der Waals surface area contributed by atoms with Crippen LogP contribution >= 0.6 is 23.5 Å². The van der Waals surface area contributed by atoms with Gasteiger partial charge in [-0.15, -0.1) is 0 Å². The molecule has 0 bridgehead atoms. The van der Waals surface area contributed by atoms with Crippen molar-refractivity contribution in [2.24, 2.45) is 0 Å². The normalized spacial score (nSPS) is 13.7. The molecule has 3 aromatic rings. The molecule has 1 aliphatic heterocycles. The Balaban J connectivity index is 1.90. The van der Waals surface area contributed by atoms with E-state index in [4.69, 9.17) is 11.6 Å². The van der Waals surface area contributed by atoms with E-state index in [9.17, 15) is 13.6 Å². The molecule has 0 unspecified atom stereocenters. The number of carbonyl (C=O) groups is 1. The van der Waals surface area contributed by atoms with E-state index >= 15 is 0 Å². The average molecular weight is 403 g/mol. The minimum absolute atomic E-state index is 0.0329. The molecule has 136 valence electrons. The number of rotatable bonds is 2. The maximum atomic E-state index is 14.6. The lowest BCUT2D eigenvalue weighted by Crippen LogP contribution is -2.40. The van der Waals surface area contributed by atoms with Crippen molar-refractivity contribution in [3.05, 3.63) is 82.9 Å². The monoisotopic (exact) mass is 402 g/mol. The molecule has 3 nitrogen and oxygen atoms in total. The first-order valence-electron chi connectivity index (χ1n) is 8.09. The largest absolute Gasteiger partial charge is 0.344 e. The van der Waals surface area contributed by atoms with E-state index in [0.717, 1.165) is 16.8 Å². The minimum atomic E-state index is -0.618. The van der Waals surface area contributed by atoms with Gasteiger partial charge in [0.25, 0.3) is 0 Å². The molecule has 0 aliphatic carbocycles. The fourth-order valence-corrected chi connectivity index (χ4v) is 4.06. The van der Waals surface area contributed by atoms with E-state index < -0.39 is 17.7 Å². The third-order valence-corrected chi connectivity index (χ3v) is 5.61. The van der Waals surface area contributed by atoms with E-state index in [1.165, 1.54) is 33.5 Å². The van der Waals surface area contributed by atoms with Gasteiger partial charge in [-0.1, -0.05) is 35.9 Å². The highest BCUT2D eigenvalue weighted by molar-refractivity contribution is 8.01. The molecule has 0 saturated carbocycles. The van der Waals surface area contributed by atoms with Gasteiger partial charge >= 0.3 is 6.03 Å². The van der Waals surface area contributed by atoms with Crippen molar-refractivity contribution in [3.8, 4) is 0 Å². The van der Waals surface area contributed by atoms with E-state index in [1.54, 1.807) is 31.2 Å². The van der Waals surface area contributed by atoms with Crippen LogP contribution in [0.4, 0.5) is 30.6 Å². The molecule has 0 aromatic heterocycles. The first-order valence-corrected chi connectivity index (χ1v) is 9.24. The Labute approximate surface area is 164 Å². The molecule has 0 spiro atoms. The molecule has 2 amide bonds. The van der Waals surface area contributed by atoms with Crippen molar-refractivity contribution in [1.29, 1.82) is 0 Å². The van der Waals surface area contributed by atoms with Gasteiger partial charge < -0.3 is 0 Å². The Morgan fingerprint density at radius 2 is 1.74 bits per heavy atom. The maximum Gasteiger partial charge on any atom is 0.344 e. The lowest BCUT2D eigenvalue weighted by Gasteiger charge is -2.36. The quantitative estimate of drug-likeness (QED) is 0.444. The molecular formula is C20H13ClF2N2OS. The van der Waals surface area contributed by atoms with Gasteiger partial charge in [0.1, 0.15) is 17.3 Å².